The number of piperidine rings is 2. The fraction of sp³-hybridized carbons (Fsp3) is 0.800. The summed E-state index contributed by atoms with van der Waals surface area (Å²) in [6.07, 6.45) is 3.84. The summed E-state index contributed by atoms with van der Waals surface area (Å²) in [5.41, 5.74) is 0. The van der Waals surface area contributed by atoms with Gasteiger partial charge in [0.1, 0.15) is 0 Å². The van der Waals surface area contributed by atoms with E-state index in [1.807, 2.05) is 0 Å². The van der Waals surface area contributed by atoms with Crippen molar-refractivity contribution in [3.05, 3.63) is 0 Å². The maximum atomic E-state index is 11.7. The number of amides is 2. The van der Waals surface area contributed by atoms with Crippen LogP contribution in [0, 0.1) is 11.8 Å². The van der Waals surface area contributed by atoms with Gasteiger partial charge < -0.3 is 10.6 Å². The number of carbonyl (C=O) groups excluding carboxylic acids is 2. The van der Waals surface area contributed by atoms with Crippen molar-refractivity contribution >= 4 is 11.8 Å². The molecule has 4 bridgehead atoms. The van der Waals surface area contributed by atoms with E-state index < -0.39 is 0 Å². The Morgan fingerprint density at radius 1 is 0.786 bits per heavy atom. The summed E-state index contributed by atoms with van der Waals surface area (Å²) >= 11 is 0. The normalized spacial score (nSPS) is 45.4. The van der Waals surface area contributed by atoms with E-state index in [2.05, 4.69) is 10.6 Å². The number of hydrogen-bond donors (Lipinski definition) is 2. The molecule has 1 saturated carbocycles. The van der Waals surface area contributed by atoms with E-state index in [1.165, 1.54) is 0 Å². The van der Waals surface area contributed by atoms with E-state index in [1.54, 1.807) is 0 Å². The molecule has 76 valence electrons. The average molecular weight is 194 g/mol. The highest BCUT2D eigenvalue weighted by Gasteiger charge is 2.46. The van der Waals surface area contributed by atoms with Gasteiger partial charge in [-0.25, -0.2) is 0 Å². The summed E-state index contributed by atoms with van der Waals surface area (Å²) < 4.78 is 0. The maximum Gasteiger partial charge on any atom is 0.225 e. The molecule has 2 amide bonds. The van der Waals surface area contributed by atoms with Crippen LogP contribution in [-0.4, -0.2) is 23.9 Å². The SMILES string of the molecule is O=C1NC2CCC1C1CCC2C(=O)N1. The molecule has 4 unspecified atom stereocenters. The van der Waals surface area contributed by atoms with Crippen LogP contribution < -0.4 is 10.6 Å². The van der Waals surface area contributed by atoms with Crippen molar-refractivity contribution in [1.29, 1.82) is 0 Å². The van der Waals surface area contributed by atoms with Crippen molar-refractivity contribution in [1.82, 2.24) is 10.6 Å². The molecule has 14 heavy (non-hydrogen) atoms. The van der Waals surface area contributed by atoms with Crippen LogP contribution in [0.25, 0.3) is 0 Å². The third kappa shape index (κ3) is 0.996. The Morgan fingerprint density at radius 2 is 1.21 bits per heavy atom. The third-order valence-electron chi connectivity index (χ3n) is 3.88. The second kappa shape index (κ2) is 2.72. The smallest absolute Gasteiger partial charge is 0.225 e. The average Bonchev–Trinajstić information content (AvgIpc) is 2.13. The topological polar surface area (TPSA) is 58.2 Å². The molecule has 5 aliphatic heterocycles. The van der Waals surface area contributed by atoms with Crippen molar-refractivity contribution in [2.45, 2.75) is 37.8 Å². The lowest BCUT2D eigenvalue weighted by Crippen LogP contribution is -2.63. The molecule has 2 N–H and O–H groups in total. The van der Waals surface area contributed by atoms with Crippen LogP contribution >= 0.6 is 0 Å². The van der Waals surface area contributed by atoms with E-state index in [0.29, 0.717) is 0 Å². The Morgan fingerprint density at radius 3 is 1.57 bits per heavy atom. The first-order chi connectivity index (χ1) is 6.75. The predicted molar refractivity (Wildman–Crippen MR) is 49.3 cm³/mol. The van der Waals surface area contributed by atoms with Gasteiger partial charge in [-0.05, 0) is 25.7 Å². The molecule has 0 aromatic carbocycles. The number of carbonyl (C=O) groups is 2. The minimum atomic E-state index is 0.0245. The van der Waals surface area contributed by atoms with Crippen molar-refractivity contribution in [3.63, 3.8) is 0 Å². The lowest BCUT2D eigenvalue weighted by Gasteiger charge is -2.45. The number of rotatable bonds is 0. The van der Waals surface area contributed by atoms with Crippen molar-refractivity contribution < 1.29 is 9.59 Å². The molecule has 0 radical (unpaired) electrons. The van der Waals surface area contributed by atoms with Gasteiger partial charge in [0.15, 0.2) is 0 Å². The van der Waals surface area contributed by atoms with Gasteiger partial charge in [-0.3, -0.25) is 9.59 Å². The summed E-state index contributed by atoms with van der Waals surface area (Å²) in [6.45, 7) is 0. The first-order valence-electron chi connectivity index (χ1n) is 5.36. The first kappa shape index (κ1) is 8.26. The molecular formula is C10H14N2O2. The zero-order valence-corrected chi connectivity index (χ0v) is 7.95. The standard InChI is InChI=1S/C10H14N2O2/c13-9-5-1-3-7(11-9)6-2-4-8(5)12-10(6)14/h5-8H,1-4H2,(H,11,13)(H,12,14). The number of hydrogen-bond acceptors (Lipinski definition) is 2. The van der Waals surface area contributed by atoms with E-state index in [9.17, 15) is 9.59 Å². The minimum absolute atomic E-state index is 0.0245. The molecule has 5 saturated heterocycles. The highest BCUT2D eigenvalue weighted by atomic mass is 16.2. The van der Waals surface area contributed by atoms with E-state index in [-0.39, 0.29) is 35.7 Å². The summed E-state index contributed by atoms with van der Waals surface area (Å²) in [5.74, 6) is 0.347. The largest absolute Gasteiger partial charge is 0.352 e. The van der Waals surface area contributed by atoms with E-state index in [4.69, 9.17) is 0 Å². The number of nitrogens with one attached hydrogen (secondary N) is 2. The molecule has 6 fully saturated rings. The van der Waals surface area contributed by atoms with Crippen LogP contribution in [0.5, 0.6) is 0 Å². The molecule has 1 aliphatic carbocycles. The second-order valence-electron chi connectivity index (χ2n) is 4.60. The Kier molecular flexibility index (Phi) is 1.60. The fourth-order valence-corrected chi connectivity index (χ4v) is 3.08. The van der Waals surface area contributed by atoms with Gasteiger partial charge in [0.2, 0.25) is 11.8 Å². The minimum Gasteiger partial charge on any atom is -0.352 e. The van der Waals surface area contributed by atoms with Gasteiger partial charge in [0.05, 0.1) is 11.8 Å². The molecular weight excluding hydrogens is 180 g/mol. The predicted octanol–water partition coefficient (Wildman–Crippen LogP) is -0.210. The van der Waals surface area contributed by atoms with Crippen LogP contribution in [0.4, 0.5) is 0 Å². The maximum absolute atomic E-state index is 11.7. The zero-order chi connectivity index (χ0) is 9.71. The van der Waals surface area contributed by atoms with Gasteiger partial charge >= 0.3 is 0 Å². The van der Waals surface area contributed by atoms with Crippen molar-refractivity contribution in [2.24, 2.45) is 11.8 Å². The summed E-state index contributed by atoms with van der Waals surface area (Å²) in [6, 6.07) is 0.194. The summed E-state index contributed by atoms with van der Waals surface area (Å²) in [4.78, 5) is 23.3. The molecule has 0 aromatic rings. The Balaban J connectivity index is 1.99. The highest BCUT2D eigenvalue weighted by molar-refractivity contribution is 5.87. The zero-order valence-electron chi connectivity index (χ0n) is 7.95. The Hall–Kier alpha value is -1.06. The molecule has 4 atom stereocenters. The van der Waals surface area contributed by atoms with Gasteiger partial charge in [-0.2, -0.15) is 0 Å². The highest BCUT2D eigenvalue weighted by Crippen LogP contribution is 2.34. The Labute approximate surface area is 82.4 Å². The molecule has 4 nitrogen and oxygen atoms in total. The van der Waals surface area contributed by atoms with Crippen LogP contribution in [0.3, 0.4) is 0 Å². The van der Waals surface area contributed by atoms with Crippen molar-refractivity contribution in [2.75, 3.05) is 0 Å². The van der Waals surface area contributed by atoms with Crippen LogP contribution in [0.1, 0.15) is 25.7 Å². The quantitative estimate of drug-likeness (QED) is 0.560. The second-order valence-corrected chi connectivity index (χ2v) is 4.60. The molecule has 4 heteroatoms. The molecule has 5 heterocycles. The monoisotopic (exact) mass is 194 g/mol. The molecule has 6 aliphatic rings. The van der Waals surface area contributed by atoms with Crippen LogP contribution in [0.15, 0.2) is 0 Å². The fourth-order valence-electron chi connectivity index (χ4n) is 3.08. The third-order valence-corrected chi connectivity index (χ3v) is 3.88. The van der Waals surface area contributed by atoms with E-state index in [0.717, 1.165) is 25.7 Å². The Bertz CT molecular complexity index is 272. The summed E-state index contributed by atoms with van der Waals surface area (Å²) in [5, 5.41) is 5.96. The van der Waals surface area contributed by atoms with Crippen LogP contribution in [0.2, 0.25) is 0 Å². The molecule has 0 aromatic heterocycles. The molecule has 6 rings (SSSR count). The van der Waals surface area contributed by atoms with Gasteiger partial charge in [0, 0.05) is 12.1 Å². The lowest BCUT2D eigenvalue weighted by molar-refractivity contribution is -0.140. The van der Waals surface area contributed by atoms with E-state index >= 15 is 0 Å². The first-order valence-corrected chi connectivity index (χ1v) is 5.36. The molecule has 0 spiro atoms. The van der Waals surface area contributed by atoms with Gasteiger partial charge in [0.25, 0.3) is 0 Å². The van der Waals surface area contributed by atoms with Crippen molar-refractivity contribution in [3.8, 4) is 0 Å². The van der Waals surface area contributed by atoms with Gasteiger partial charge in [-0.15, -0.1) is 0 Å². The lowest BCUT2D eigenvalue weighted by atomic mass is 9.73. The van der Waals surface area contributed by atoms with Gasteiger partial charge in [-0.1, -0.05) is 0 Å². The van der Waals surface area contributed by atoms with Crippen LogP contribution in [-0.2, 0) is 9.59 Å². The summed E-state index contributed by atoms with van der Waals surface area (Å²) in [7, 11) is 0.